The van der Waals surface area contributed by atoms with E-state index >= 15 is 0 Å². The van der Waals surface area contributed by atoms with Gasteiger partial charge in [-0.2, -0.15) is 0 Å². The second-order valence-electron chi connectivity index (χ2n) is 9.41. The van der Waals surface area contributed by atoms with Gasteiger partial charge in [0.25, 0.3) is 0 Å². The number of aliphatic carboxylic acids is 2. The van der Waals surface area contributed by atoms with Crippen LogP contribution in [-0.2, 0) is 46.6 Å². The molecular formula is C28H34N4O11. The Hall–Kier alpha value is -5.02. The molecule has 0 heterocycles. The SMILES string of the molecule is N[C@](CCCNC(=O)OCc1ccccc1)(C(=O)O)C(=O)OC(=O)[C@@](N)(CCCNC(=O)OCc1ccccc1)C(=O)O. The van der Waals surface area contributed by atoms with Crippen LogP contribution in [-0.4, -0.2) is 70.4 Å². The van der Waals surface area contributed by atoms with Crippen LogP contribution in [0.25, 0.3) is 0 Å². The molecule has 15 heteroatoms. The van der Waals surface area contributed by atoms with E-state index < -0.39 is 60.0 Å². The van der Waals surface area contributed by atoms with Crippen molar-refractivity contribution in [1.82, 2.24) is 10.6 Å². The zero-order valence-corrected chi connectivity index (χ0v) is 23.2. The zero-order chi connectivity index (χ0) is 31.9. The molecule has 15 nitrogen and oxygen atoms in total. The highest BCUT2D eigenvalue weighted by Crippen LogP contribution is 2.18. The number of carbonyl (C=O) groups excluding carboxylic acids is 4. The van der Waals surface area contributed by atoms with Crippen LogP contribution < -0.4 is 22.1 Å². The van der Waals surface area contributed by atoms with Gasteiger partial charge in [0.15, 0.2) is 0 Å². The highest BCUT2D eigenvalue weighted by molar-refractivity contribution is 6.12. The number of nitrogens with two attached hydrogens (primary N) is 2. The Labute approximate surface area is 246 Å². The van der Waals surface area contributed by atoms with Crippen molar-refractivity contribution >= 4 is 36.1 Å². The van der Waals surface area contributed by atoms with E-state index in [0.29, 0.717) is 0 Å². The normalized spacial score (nSPS) is 13.3. The van der Waals surface area contributed by atoms with E-state index in [-0.39, 0.29) is 39.1 Å². The van der Waals surface area contributed by atoms with Crippen LogP contribution in [0.2, 0.25) is 0 Å². The molecule has 0 saturated heterocycles. The van der Waals surface area contributed by atoms with Crippen molar-refractivity contribution in [3.05, 3.63) is 71.8 Å². The molecule has 0 aliphatic rings. The van der Waals surface area contributed by atoms with E-state index in [1.54, 1.807) is 60.7 Å². The summed E-state index contributed by atoms with van der Waals surface area (Å²) >= 11 is 0. The van der Waals surface area contributed by atoms with Crippen molar-refractivity contribution in [3.63, 3.8) is 0 Å². The van der Waals surface area contributed by atoms with E-state index in [1.807, 2.05) is 0 Å². The Morgan fingerprint density at radius 1 is 0.628 bits per heavy atom. The van der Waals surface area contributed by atoms with Crippen molar-refractivity contribution < 1.29 is 53.2 Å². The van der Waals surface area contributed by atoms with Gasteiger partial charge in [0, 0.05) is 13.1 Å². The first-order valence-electron chi connectivity index (χ1n) is 13.1. The van der Waals surface area contributed by atoms with Crippen LogP contribution in [0.15, 0.2) is 60.7 Å². The van der Waals surface area contributed by atoms with Gasteiger partial charge in [-0.3, -0.25) is 0 Å². The number of carbonyl (C=O) groups is 6. The van der Waals surface area contributed by atoms with Crippen LogP contribution in [0.4, 0.5) is 9.59 Å². The molecule has 0 aliphatic heterocycles. The maximum absolute atomic E-state index is 12.6. The van der Waals surface area contributed by atoms with E-state index in [0.717, 1.165) is 11.1 Å². The number of hydrogen-bond acceptors (Lipinski definition) is 11. The first-order chi connectivity index (χ1) is 20.4. The van der Waals surface area contributed by atoms with Crippen molar-refractivity contribution in [1.29, 1.82) is 0 Å². The van der Waals surface area contributed by atoms with Crippen LogP contribution in [0.5, 0.6) is 0 Å². The summed E-state index contributed by atoms with van der Waals surface area (Å²) in [6.07, 6.45) is -3.07. The molecule has 2 amide bonds. The van der Waals surface area contributed by atoms with Crippen molar-refractivity contribution in [2.75, 3.05) is 13.1 Å². The zero-order valence-electron chi connectivity index (χ0n) is 23.2. The lowest BCUT2D eigenvalue weighted by Crippen LogP contribution is -2.61. The Balaban J connectivity index is 1.82. The largest absolute Gasteiger partial charge is 0.479 e. The first-order valence-corrected chi connectivity index (χ1v) is 13.1. The van der Waals surface area contributed by atoms with E-state index in [1.165, 1.54) is 0 Å². The third kappa shape index (κ3) is 10.7. The number of rotatable bonds is 16. The van der Waals surface area contributed by atoms with Crippen LogP contribution in [0, 0.1) is 0 Å². The molecule has 8 N–H and O–H groups in total. The van der Waals surface area contributed by atoms with Crippen LogP contribution >= 0.6 is 0 Å². The molecule has 0 fully saturated rings. The summed E-state index contributed by atoms with van der Waals surface area (Å²) in [4.78, 5) is 72.5. The smallest absolute Gasteiger partial charge is 0.407 e. The summed E-state index contributed by atoms with van der Waals surface area (Å²) < 4.78 is 14.6. The molecular weight excluding hydrogens is 568 g/mol. The predicted octanol–water partition coefficient (Wildman–Crippen LogP) is 1.03. The van der Waals surface area contributed by atoms with Gasteiger partial charge in [0.2, 0.25) is 11.1 Å². The molecule has 2 aromatic rings. The molecule has 0 aromatic heterocycles. The molecule has 232 valence electrons. The van der Waals surface area contributed by atoms with Crippen molar-refractivity contribution in [3.8, 4) is 0 Å². The lowest BCUT2D eigenvalue weighted by Gasteiger charge is -2.26. The number of benzene rings is 2. The summed E-state index contributed by atoms with van der Waals surface area (Å²) in [5.41, 5.74) is 7.39. The van der Waals surface area contributed by atoms with Gasteiger partial charge < -0.3 is 46.5 Å². The fraction of sp³-hybridized carbons (Fsp3) is 0.357. The number of nitrogens with one attached hydrogen (secondary N) is 2. The van der Waals surface area contributed by atoms with Crippen molar-refractivity contribution in [2.45, 2.75) is 50.0 Å². The van der Waals surface area contributed by atoms with E-state index in [2.05, 4.69) is 15.4 Å². The summed E-state index contributed by atoms with van der Waals surface area (Å²) in [6, 6.07) is 17.6. The molecule has 0 unspecified atom stereocenters. The molecule has 0 aliphatic carbocycles. The average Bonchev–Trinajstić information content (AvgIpc) is 2.99. The standard InChI is InChI=1S/C28H34N4O11/c29-27(21(33)34,13-7-15-31-25(39)41-17-19-9-3-1-4-10-19)23(37)43-24(38)28(30,22(35)36)14-8-16-32-26(40)42-18-20-11-5-2-6-12-20/h1-6,9-12H,7-8,13-18,29-30H2,(H,31,39)(H,32,40)(H,33,34)(H,35,36)/t27-,28-/m1/s1. The van der Waals surface area contributed by atoms with Gasteiger partial charge in [-0.1, -0.05) is 60.7 Å². The molecule has 2 atom stereocenters. The van der Waals surface area contributed by atoms with Gasteiger partial charge in [-0.25, -0.2) is 28.8 Å². The number of carboxylic acid groups (broad SMARTS) is 2. The van der Waals surface area contributed by atoms with Crippen molar-refractivity contribution in [2.24, 2.45) is 11.5 Å². The van der Waals surface area contributed by atoms with Crippen LogP contribution in [0.3, 0.4) is 0 Å². The lowest BCUT2D eigenvalue weighted by molar-refractivity contribution is -0.174. The molecule has 43 heavy (non-hydrogen) atoms. The Morgan fingerprint density at radius 2 is 0.977 bits per heavy atom. The molecule has 0 bridgehead atoms. The lowest BCUT2D eigenvalue weighted by atomic mass is 9.93. The van der Waals surface area contributed by atoms with Gasteiger partial charge >= 0.3 is 36.1 Å². The quantitative estimate of drug-likeness (QED) is 0.0681. The summed E-state index contributed by atoms with van der Waals surface area (Å²) in [5, 5.41) is 23.8. The fourth-order valence-electron chi connectivity index (χ4n) is 3.52. The van der Waals surface area contributed by atoms with Gasteiger partial charge in [0.1, 0.15) is 13.2 Å². The maximum Gasteiger partial charge on any atom is 0.407 e. The number of alkyl carbamates (subject to hydrolysis) is 2. The summed E-state index contributed by atoms with van der Waals surface area (Å²) in [7, 11) is 0. The Kier molecular flexibility index (Phi) is 13.1. The molecule has 0 spiro atoms. The summed E-state index contributed by atoms with van der Waals surface area (Å²) in [6.45, 7) is -0.290. The Morgan fingerprint density at radius 3 is 1.30 bits per heavy atom. The monoisotopic (exact) mass is 602 g/mol. The summed E-state index contributed by atoms with van der Waals surface area (Å²) in [5.74, 6) is -7.19. The third-order valence-corrected chi connectivity index (χ3v) is 6.14. The molecule has 2 rings (SSSR count). The first kappa shape index (κ1) is 34.2. The number of esters is 2. The van der Waals surface area contributed by atoms with Crippen LogP contribution in [0.1, 0.15) is 36.8 Å². The molecule has 0 radical (unpaired) electrons. The van der Waals surface area contributed by atoms with Gasteiger partial charge in [-0.05, 0) is 36.8 Å². The Bertz CT molecular complexity index is 1180. The highest BCUT2D eigenvalue weighted by Gasteiger charge is 2.50. The average molecular weight is 603 g/mol. The van der Waals surface area contributed by atoms with Gasteiger partial charge in [0.05, 0.1) is 0 Å². The third-order valence-electron chi connectivity index (χ3n) is 6.14. The molecule has 0 saturated carbocycles. The number of hydrogen-bond donors (Lipinski definition) is 6. The maximum atomic E-state index is 12.6. The topological polar surface area (TPSA) is 247 Å². The predicted molar refractivity (Wildman–Crippen MR) is 148 cm³/mol. The molecule has 2 aromatic carbocycles. The fourth-order valence-corrected chi connectivity index (χ4v) is 3.52. The minimum atomic E-state index is -2.76. The highest BCUT2D eigenvalue weighted by atomic mass is 16.6. The minimum Gasteiger partial charge on any atom is -0.479 e. The van der Waals surface area contributed by atoms with Gasteiger partial charge in [-0.15, -0.1) is 0 Å². The number of carboxylic acids is 2. The minimum absolute atomic E-state index is 0.00408. The second kappa shape index (κ2) is 16.4. The van der Waals surface area contributed by atoms with E-state index in [9.17, 15) is 39.0 Å². The second-order valence-corrected chi connectivity index (χ2v) is 9.41. The number of ether oxygens (including phenoxy) is 3. The number of amides is 2. The van der Waals surface area contributed by atoms with E-state index in [4.69, 9.17) is 20.9 Å².